The van der Waals surface area contributed by atoms with Crippen molar-refractivity contribution in [2.45, 2.75) is 25.7 Å². The summed E-state index contributed by atoms with van der Waals surface area (Å²) < 4.78 is 31.8. The molecule has 140 valence electrons. The molecule has 0 saturated heterocycles. The summed E-state index contributed by atoms with van der Waals surface area (Å²) in [6, 6.07) is 13.1. The highest BCUT2D eigenvalue weighted by Gasteiger charge is 2.21. The van der Waals surface area contributed by atoms with Gasteiger partial charge < -0.3 is 10.1 Å². The van der Waals surface area contributed by atoms with Crippen LogP contribution < -0.4 is 10.1 Å². The molecule has 1 amide bonds. The van der Waals surface area contributed by atoms with E-state index in [4.69, 9.17) is 4.74 Å². The molecule has 0 aliphatic carbocycles. The third kappa shape index (κ3) is 4.42. The Morgan fingerprint density at radius 1 is 1.00 bits per heavy atom. The second kappa shape index (κ2) is 8.82. The maximum absolute atomic E-state index is 12.5. The molecule has 0 unspecified atom stereocenters. The topological polar surface area (TPSA) is 75.7 Å². The molecule has 0 aliphatic rings. The minimum atomic E-state index is -3.51. The number of sulfonamides is 1. The molecule has 1 N–H and O–H groups in total. The van der Waals surface area contributed by atoms with Crippen molar-refractivity contribution < 1.29 is 17.9 Å². The van der Waals surface area contributed by atoms with Crippen LogP contribution in [0.15, 0.2) is 53.4 Å². The van der Waals surface area contributed by atoms with E-state index in [1.807, 2.05) is 6.92 Å². The van der Waals surface area contributed by atoms with Gasteiger partial charge in [-0.15, -0.1) is 0 Å². The molecule has 0 heterocycles. The van der Waals surface area contributed by atoms with Gasteiger partial charge in [0.05, 0.1) is 17.1 Å². The van der Waals surface area contributed by atoms with Crippen molar-refractivity contribution in [3.8, 4) is 5.75 Å². The predicted octanol–water partition coefficient (Wildman–Crippen LogP) is 3.37. The average molecular weight is 376 g/mol. The molecule has 7 heteroatoms. The van der Waals surface area contributed by atoms with E-state index in [9.17, 15) is 13.2 Å². The second-order valence-corrected chi connectivity index (χ2v) is 7.43. The quantitative estimate of drug-likeness (QED) is 0.766. The van der Waals surface area contributed by atoms with Gasteiger partial charge in [-0.05, 0) is 43.3 Å². The first-order valence-corrected chi connectivity index (χ1v) is 10.0. The molecule has 0 saturated carbocycles. The summed E-state index contributed by atoms with van der Waals surface area (Å²) in [4.78, 5) is 12.7. The third-order valence-corrected chi connectivity index (χ3v) is 5.95. The van der Waals surface area contributed by atoms with Gasteiger partial charge in [0.15, 0.2) is 0 Å². The van der Waals surface area contributed by atoms with E-state index in [0.29, 0.717) is 36.7 Å². The van der Waals surface area contributed by atoms with E-state index in [2.05, 4.69) is 5.32 Å². The SMILES string of the molecule is CCOc1ccccc1C(=O)Nc1ccc(S(=O)(=O)N(CC)CC)cc1. The van der Waals surface area contributed by atoms with Crippen LogP contribution in [0.1, 0.15) is 31.1 Å². The maximum Gasteiger partial charge on any atom is 0.259 e. The second-order valence-electron chi connectivity index (χ2n) is 5.50. The normalized spacial score (nSPS) is 11.4. The number of nitrogens with zero attached hydrogens (tertiary/aromatic N) is 1. The molecule has 6 nitrogen and oxygen atoms in total. The molecule has 0 spiro atoms. The molecule has 0 fully saturated rings. The van der Waals surface area contributed by atoms with Crippen LogP contribution in [-0.4, -0.2) is 38.3 Å². The van der Waals surface area contributed by atoms with Gasteiger partial charge in [-0.1, -0.05) is 26.0 Å². The number of benzene rings is 2. The number of hydrogen-bond acceptors (Lipinski definition) is 4. The first-order valence-electron chi connectivity index (χ1n) is 8.57. The number of para-hydroxylation sites is 1. The Kier molecular flexibility index (Phi) is 6.76. The molecular weight excluding hydrogens is 352 g/mol. The molecule has 2 aromatic carbocycles. The minimum absolute atomic E-state index is 0.203. The first-order chi connectivity index (χ1) is 12.4. The number of rotatable bonds is 8. The van der Waals surface area contributed by atoms with Gasteiger partial charge in [-0.25, -0.2) is 8.42 Å². The molecule has 0 atom stereocenters. The van der Waals surface area contributed by atoms with E-state index in [0.717, 1.165) is 0 Å². The Labute approximate surface area is 154 Å². The van der Waals surface area contributed by atoms with Crippen LogP contribution in [0.2, 0.25) is 0 Å². The lowest BCUT2D eigenvalue weighted by molar-refractivity contribution is 0.102. The molecule has 0 bridgehead atoms. The third-order valence-electron chi connectivity index (χ3n) is 3.89. The zero-order chi connectivity index (χ0) is 19.2. The fraction of sp³-hybridized carbons (Fsp3) is 0.316. The Bertz CT molecular complexity index is 844. The lowest BCUT2D eigenvalue weighted by atomic mass is 10.2. The summed E-state index contributed by atoms with van der Waals surface area (Å²) in [6.07, 6.45) is 0. The van der Waals surface area contributed by atoms with Crippen LogP contribution in [0.25, 0.3) is 0 Å². The van der Waals surface area contributed by atoms with Gasteiger partial charge in [-0.2, -0.15) is 4.31 Å². The van der Waals surface area contributed by atoms with Crippen LogP contribution in [0.5, 0.6) is 5.75 Å². The van der Waals surface area contributed by atoms with Gasteiger partial charge in [0.25, 0.3) is 5.91 Å². The summed E-state index contributed by atoms with van der Waals surface area (Å²) in [5.41, 5.74) is 0.939. The number of nitrogens with one attached hydrogen (secondary N) is 1. The van der Waals surface area contributed by atoms with Gasteiger partial charge in [0.2, 0.25) is 10.0 Å². The van der Waals surface area contributed by atoms with Gasteiger partial charge in [-0.3, -0.25) is 4.79 Å². The van der Waals surface area contributed by atoms with Crippen LogP contribution in [0, 0.1) is 0 Å². The smallest absolute Gasteiger partial charge is 0.259 e. The lowest BCUT2D eigenvalue weighted by Gasteiger charge is -2.18. The number of anilines is 1. The number of ether oxygens (including phenoxy) is 1. The summed E-state index contributed by atoms with van der Waals surface area (Å²) in [6.45, 7) is 6.72. The monoisotopic (exact) mass is 376 g/mol. The van der Waals surface area contributed by atoms with E-state index < -0.39 is 10.0 Å². The number of hydrogen-bond donors (Lipinski definition) is 1. The standard InChI is InChI=1S/C19H24N2O4S/c1-4-21(5-2)26(23,24)16-13-11-15(12-14-16)20-19(22)17-9-7-8-10-18(17)25-6-3/h7-14H,4-6H2,1-3H3,(H,20,22). The van der Waals surface area contributed by atoms with Crippen LogP contribution >= 0.6 is 0 Å². The van der Waals surface area contributed by atoms with Crippen molar-refractivity contribution in [3.05, 3.63) is 54.1 Å². The maximum atomic E-state index is 12.5. The summed E-state index contributed by atoms with van der Waals surface area (Å²) in [5.74, 6) is 0.196. The van der Waals surface area contributed by atoms with Crippen LogP contribution in [-0.2, 0) is 10.0 Å². The molecule has 0 aromatic heterocycles. The number of amides is 1. The van der Waals surface area contributed by atoms with Crippen LogP contribution in [0.3, 0.4) is 0 Å². The van der Waals surface area contributed by atoms with Crippen molar-refractivity contribution >= 4 is 21.6 Å². The molecule has 0 radical (unpaired) electrons. The Hall–Kier alpha value is -2.38. The molecule has 0 aliphatic heterocycles. The molecule has 2 aromatic rings. The van der Waals surface area contributed by atoms with Crippen molar-refractivity contribution in [3.63, 3.8) is 0 Å². The van der Waals surface area contributed by atoms with E-state index >= 15 is 0 Å². The van der Waals surface area contributed by atoms with Crippen molar-refractivity contribution in [2.75, 3.05) is 25.0 Å². The fourth-order valence-electron chi connectivity index (χ4n) is 2.56. The van der Waals surface area contributed by atoms with E-state index in [-0.39, 0.29) is 10.8 Å². The van der Waals surface area contributed by atoms with Gasteiger partial charge in [0, 0.05) is 18.8 Å². The highest BCUT2D eigenvalue weighted by atomic mass is 32.2. The molecule has 26 heavy (non-hydrogen) atoms. The first kappa shape index (κ1) is 19.9. The molecular formula is C19H24N2O4S. The Morgan fingerprint density at radius 3 is 2.19 bits per heavy atom. The molecule has 2 rings (SSSR count). The summed E-state index contributed by atoms with van der Waals surface area (Å²) in [7, 11) is -3.51. The Balaban J connectivity index is 2.19. The summed E-state index contributed by atoms with van der Waals surface area (Å²) >= 11 is 0. The minimum Gasteiger partial charge on any atom is -0.493 e. The summed E-state index contributed by atoms with van der Waals surface area (Å²) in [5, 5.41) is 2.77. The van der Waals surface area contributed by atoms with Crippen molar-refractivity contribution in [1.29, 1.82) is 0 Å². The highest BCUT2D eigenvalue weighted by molar-refractivity contribution is 7.89. The Morgan fingerprint density at radius 2 is 1.62 bits per heavy atom. The lowest BCUT2D eigenvalue weighted by Crippen LogP contribution is -2.30. The highest BCUT2D eigenvalue weighted by Crippen LogP contribution is 2.21. The van der Waals surface area contributed by atoms with Gasteiger partial charge in [0.1, 0.15) is 5.75 Å². The zero-order valence-corrected chi connectivity index (χ0v) is 16.0. The average Bonchev–Trinajstić information content (AvgIpc) is 2.63. The number of carbonyl (C=O) groups excluding carboxylic acids is 1. The van der Waals surface area contributed by atoms with Crippen molar-refractivity contribution in [1.82, 2.24) is 4.31 Å². The zero-order valence-electron chi connectivity index (χ0n) is 15.2. The fourth-order valence-corrected chi connectivity index (χ4v) is 4.01. The number of carbonyl (C=O) groups is 1. The van der Waals surface area contributed by atoms with Gasteiger partial charge >= 0.3 is 0 Å². The van der Waals surface area contributed by atoms with E-state index in [1.54, 1.807) is 50.2 Å². The van der Waals surface area contributed by atoms with Crippen LogP contribution in [0.4, 0.5) is 5.69 Å². The van der Waals surface area contributed by atoms with Crippen molar-refractivity contribution in [2.24, 2.45) is 0 Å². The van der Waals surface area contributed by atoms with E-state index in [1.165, 1.54) is 16.4 Å². The predicted molar refractivity (Wildman–Crippen MR) is 102 cm³/mol. The largest absolute Gasteiger partial charge is 0.493 e.